The van der Waals surface area contributed by atoms with Crippen molar-refractivity contribution >= 4 is 11.6 Å². The number of hydrogen-bond donors (Lipinski definition) is 0. The molecule has 0 N–H and O–H groups in total. The lowest BCUT2D eigenvalue weighted by molar-refractivity contribution is -0.143. The molecule has 102 valence electrons. The van der Waals surface area contributed by atoms with E-state index in [9.17, 15) is 35.1 Å². The fourth-order valence-electron chi connectivity index (χ4n) is 1.20. The van der Waals surface area contributed by atoms with E-state index < -0.39 is 34.4 Å². The Kier molecular flexibility index (Phi) is 3.55. The van der Waals surface area contributed by atoms with Gasteiger partial charge in [-0.25, -0.2) is 0 Å². The van der Waals surface area contributed by atoms with Crippen LogP contribution in [0.4, 0.5) is 35.1 Å². The van der Waals surface area contributed by atoms with E-state index in [2.05, 4.69) is 11.6 Å². The predicted octanol–water partition coefficient (Wildman–Crippen LogP) is 5.01. The summed E-state index contributed by atoms with van der Waals surface area (Å²) in [4.78, 5) is 0. The Hall–Kier alpha value is -1.05. The van der Waals surface area contributed by atoms with Gasteiger partial charge in [-0.2, -0.15) is 35.1 Å². The molecule has 0 heterocycles. The highest BCUT2D eigenvalue weighted by molar-refractivity contribution is 6.21. The first-order valence-electron chi connectivity index (χ1n) is 4.19. The van der Waals surface area contributed by atoms with Gasteiger partial charge in [0.05, 0.1) is 11.1 Å². The average Bonchev–Trinajstić information content (AvgIpc) is 2.12. The third-order valence-corrected chi connectivity index (χ3v) is 2.16. The van der Waals surface area contributed by atoms with E-state index in [4.69, 9.17) is 0 Å². The highest BCUT2D eigenvalue weighted by atomic mass is 35.5. The van der Waals surface area contributed by atoms with Crippen LogP contribution in [-0.2, 0) is 17.7 Å². The largest absolute Gasteiger partial charge is 0.416 e. The van der Waals surface area contributed by atoms with Gasteiger partial charge in [0.25, 0.3) is 0 Å². The van der Waals surface area contributed by atoms with Gasteiger partial charge < -0.3 is 0 Å². The smallest absolute Gasteiger partial charge is 0.183 e. The lowest BCUT2D eigenvalue weighted by Crippen LogP contribution is -2.17. The summed E-state index contributed by atoms with van der Waals surface area (Å²) in [5.41, 5.74) is -5.46. The Morgan fingerprint density at radius 3 is 1.56 bits per heavy atom. The summed E-state index contributed by atoms with van der Waals surface area (Å²) in [5.74, 6) is 0. The van der Waals surface area contributed by atoms with E-state index in [0.717, 1.165) is 0 Å². The van der Waals surface area contributed by atoms with Crippen molar-refractivity contribution < 1.29 is 35.1 Å². The molecule has 0 aliphatic carbocycles. The first-order chi connectivity index (χ1) is 7.83. The third kappa shape index (κ3) is 3.24. The normalized spacial score (nSPS) is 13.8. The van der Waals surface area contributed by atoms with Crippen LogP contribution < -0.4 is 0 Å². The molecule has 0 bridgehead atoms. The van der Waals surface area contributed by atoms with Crippen LogP contribution in [0, 0.1) is 0 Å². The van der Waals surface area contributed by atoms with Crippen LogP contribution in [0.5, 0.6) is 0 Å². The summed E-state index contributed by atoms with van der Waals surface area (Å²) in [6.45, 7) is 0. The second-order valence-corrected chi connectivity index (χ2v) is 3.73. The van der Waals surface area contributed by atoms with Crippen LogP contribution >= 0.6 is 11.6 Å². The van der Waals surface area contributed by atoms with E-state index in [1.807, 2.05) is 0 Å². The van der Waals surface area contributed by atoms with Crippen LogP contribution in [0.25, 0.3) is 0 Å². The Morgan fingerprint density at radius 1 is 0.722 bits per heavy atom. The van der Waals surface area contributed by atoms with Crippen LogP contribution in [-0.4, -0.2) is 0 Å². The average molecular weight is 299 g/mol. The second kappa shape index (κ2) is 4.25. The van der Waals surface area contributed by atoms with Gasteiger partial charge in [-0.05, 0) is 29.8 Å². The van der Waals surface area contributed by atoms with Gasteiger partial charge in [0.15, 0.2) is 0 Å². The number of hydrogen-bond acceptors (Lipinski definition) is 0. The predicted molar refractivity (Wildman–Crippen MR) is 46.2 cm³/mol. The molecule has 0 aliphatic rings. The van der Waals surface area contributed by atoms with E-state index in [1.165, 1.54) is 0 Å². The van der Waals surface area contributed by atoms with E-state index in [0.29, 0.717) is 0 Å². The molecule has 1 rings (SSSR count). The molecule has 0 unspecified atom stereocenters. The van der Waals surface area contributed by atoms with Crippen LogP contribution in [0.3, 0.4) is 0 Å². The molecular weight excluding hydrogens is 296 g/mol. The van der Waals surface area contributed by atoms with Crippen molar-refractivity contribution in [3.05, 3.63) is 34.9 Å². The minimum atomic E-state index is -5.22. The van der Waals surface area contributed by atoms with Gasteiger partial charge in [-0.15, -0.1) is 0 Å². The maximum Gasteiger partial charge on any atom is 0.416 e. The van der Waals surface area contributed by atoms with E-state index in [1.54, 1.807) is 0 Å². The van der Waals surface area contributed by atoms with E-state index in [-0.39, 0.29) is 18.2 Å². The molecule has 0 aromatic heterocycles. The zero-order valence-electron chi connectivity index (χ0n) is 8.13. The molecule has 0 saturated carbocycles. The topological polar surface area (TPSA) is 0 Å². The Balaban J connectivity index is 3.50. The fraction of sp³-hybridized carbons (Fsp3) is 0.333. The van der Waals surface area contributed by atoms with Crippen molar-refractivity contribution in [3.8, 4) is 0 Å². The zero-order valence-corrected chi connectivity index (χ0v) is 8.89. The van der Waals surface area contributed by atoms with Gasteiger partial charge >= 0.3 is 17.7 Å². The third-order valence-electron chi connectivity index (χ3n) is 1.96. The van der Waals surface area contributed by atoms with Gasteiger partial charge in [-0.3, -0.25) is 0 Å². The molecule has 0 aliphatic heterocycles. The summed E-state index contributed by atoms with van der Waals surface area (Å²) < 4.78 is 99.1. The first kappa shape index (κ1) is 15.0. The van der Waals surface area contributed by atoms with Crippen molar-refractivity contribution in [2.45, 2.75) is 17.7 Å². The molecule has 0 spiro atoms. The Labute approximate surface area is 100 Å². The van der Waals surface area contributed by atoms with Crippen molar-refractivity contribution in [1.82, 2.24) is 0 Å². The Bertz CT molecular complexity index is 439. The molecule has 0 fully saturated rings. The molecule has 0 atom stereocenters. The van der Waals surface area contributed by atoms with Crippen molar-refractivity contribution in [1.29, 1.82) is 0 Å². The maximum atomic E-state index is 12.7. The molecular formula is C9H3ClF8. The zero-order chi connectivity index (χ0) is 14.4. The minimum Gasteiger partial charge on any atom is -0.183 e. The lowest BCUT2D eigenvalue weighted by atomic mass is 10.0. The molecule has 0 nitrogen and oxygen atoms in total. The Morgan fingerprint density at radius 2 is 1.22 bits per heavy atom. The summed E-state index contributed by atoms with van der Waals surface area (Å²) >= 11 is 4.39. The fourth-order valence-corrected chi connectivity index (χ4v) is 1.36. The van der Waals surface area contributed by atoms with Crippen LogP contribution in [0.1, 0.15) is 16.7 Å². The summed E-state index contributed by atoms with van der Waals surface area (Å²) in [6, 6.07) is -0.320. The summed E-state index contributed by atoms with van der Waals surface area (Å²) in [5, 5.41) is -4.55. The summed E-state index contributed by atoms with van der Waals surface area (Å²) in [6.07, 6.45) is -10.3. The van der Waals surface area contributed by atoms with Crippen molar-refractivity contribution in [3.63, 3.8) is 0 Å². The second-order valence-electron chi connectivity index (χ2n) is 3.25. The SMILES string of the molecule is FC(F)(F)c1ccc(C(F)(F)F)c(C(F)(F)Cl)c1. The summed E-state index contributed by atoms with van der Waals surface area (Å²) in [7, 11) is 0. The quantitative estimate of drug-likeness (QED) is 0.505. The molecule has 9 heteroatoms. The molecule has 0 saturated heterocycles. The number of rotatable bonds is 1. The van der Waals surface area contributed by atoms with Gasteiger partial charge in [0.1, 0.15) is 0 Å². The molecule has 1 aromatic rings. The van der Waals surface area contributed by atoms with Gasteiger partial charge in [-0.1, -0.05) is 0 Å². The number of halogens is 9. The van der Waals surface area contributed by atoms with Crippen molar-refractivity contribution in [2.24, 2.45) is 0 Å². The monoisotopic (exact) mass is 298 g/mol. The first-order valence-corrected chi connectivity index (χ1v) is 4.57. The van der Waals surface area contributed by atoms with Crippen LogP contribution in [0.2, 0.25) is 0 Å². The standard InChI is InChI=1S/C9H3ClF8/c10-7(11,12)6-3-4(8(13,14)15)1-2-5(6)9(16,17)18/h1-3H. The molecule has 0 radical (unpaired) electrons. The lowest BCUT2D eigenvalue weighted by Gasteiger charge is -2.18. The molecule has 18 heavy (non-hydrogen) atoms. The maximum absolute atomic E-state index is 12.7. The van der Waals surface area contributed by atoms with Gasteiger partial charge in [0.2, 0.25) is 0 Å². The highest BCUT2D eigenvalue weighted by Gasteiger charge is 2.43. The van der Waals surface area contributed by atoms with Gasteiger partial charge in [0, 0.05) is 5.56 Å². The molecule has 0 amide bonds. The van der Waals surface area contributed by atoms with Crippen LogP contribution in [0.15, 0.2) is 18.2 Å². The molecule has 1 aromatic carbocycles. The number of benzene rings is 1. The minimum absolute atomic E-state index is 0.0644. The van der Waals surface area contributed by atoms with Crippen molar-refractivity contribution in [2.75, 3.05) is 0 Å². The van der Waals surface area contributed by atoms with E-state index >= 15 is 0 Å². The highest BCUT2D eigenvalue weighted by Crippen LogP contribution is 2.43. The number of alkyl halides is 9.